The molecule has 0 saturated heterocycles. The first kappa shape index (κ1) is 16.1. The molecule has 4 nitrogen and oxygen atoms in total. The van der Waals surface area contributed by atoms with Crippen molar-refractivity contribution < 1.29 is 13.9 Å². The predicted octanol–water partition coefficient (Wildman–Crippen LogP) is 4.29. The van der Waals surface area contributed by atoms with Gasteiger partial charge >= 0.3 is 0 Å². The van der Waals surface area contributed by atoms with Gasteiger partial charge in [0.05, 0.1) is 7.11 Å². The lowest BCUT2D eigenvalue weighted by Gasteiger charge is -2.30. The Hall–Kier alpha value is -1.75. The normalized spacial score (nSPS) is 16.3. The molecule has 122 valence electrons. The van der Waals surface area contributed by atoms with Crippen molar-refractivity contribution in [3.05, 3.63) is 52.4 Å². The van der Waals surface area contributed by atoms with Crippen LogP contribution in [-0.2, 0) is 5.41 Å². The van der Waals surface area contributed by atoms with Gasteiger partial charge in [-0.3, -0.25) is 4.79 Å². The molecule has 2 aromatic rings. The fourth-order valence-electron chi connectivity index (χ4n) is 3.34. The summed E-state index contributed by atoms with van der Waals surface area (Å²) in [5, 5.41) is 3.04. The van der Waals surface area contributed by atoms with Gasteiger partial charge in [0.15, 0.2) is 10.4 Å². The van der Waals surface area contributed by atoms with Crippen molar-refractivity contribution in [1.29, 1.82) is 0 Å². The van der Waals surface area contributed by atoms with Crippen LogP contribution in [0.15, 0.2) is 45.5 Å². The smallest absolute Gasteiger partial charge is 0.287 e. The second kappa shape index (κ2) is 6.79. The van der Waals surface area contributed by atoms with Gasteiger partial charge in [-0.15, -0.1) is 0 Å². The van der Waals surface area contributed by atoms with E-state index in [-0.39, 0.29) is 11.3 Å². The van der Waals surface area contributed by atoms with E-state index in [2.05, 4.69) is 33.4 Å². The number of rotatable bonds is 5. The van der Waals surface area contributed by atoms with E-state index in [1.54, 1.807) is 19.2 Å². The molecule has 1 amide bonds. The zero-order valence-electron chi connectivity index (χ0n) is 13.1. The number of hydrogen-bond donors (Lipinski definition) is 1. The summed E-state index contributed by atoms with van der Waals surface area (Å²) in [6.07, 6.45) is 4.55. The van der Waals surface area contributed by atoms with Gasteiger partial charge in [0.1, 0.15) is 5.75 Å². The van der Waals surface area contributed by atoms with Crippen LogP contribution in [0, 0.1) is 0 Å². The first-order valence-electron chi connectivity index (χ1n) is 7.81. The molecule has 1 N–H and O–H groups in total. The molecule has 0 bridgehead atoms. The average Bonchev–Trinajstić information content (AvgIpc) is 3.23. The van der Waals surface area contributed by atoms with E-state index in [4.69, 9.17) is 9.15 Å². The van der Waals surface area contributed by atoms with Gasteiger partial charge in [-0.1, -0.05) is 25.0 Å². The molecule has 3 rings (SSSR count). The number of methoxy groups -OCH3 is 1. The highest BCUT2D eigenvalue weighted by Gasteiger charge is 2.36. The van der Waals surface area contributed by atoms with E-state index in [9.17, 15) is 4.79 Å². The summed E-state index contributed by atoms with van der Waals surface area (Å²) >= 11 is 3.22. The minimum Gasteiger partial charge on any atom is -0.497 e. The lowest BCUT2D eigenvalue weighted by molar-refractivity contribution is 0.0914. The van der Waals surface area contributed by atoms with Gasteiger partial charge in [-0.05, 0) is 58.6 Å². The van der Waals surface area contributed by atoms with Crippen molar-refractivity contribution in [2.45, 2.75) is 31.1 Å². The van der Waals surface area contributed by atoms with Gasteiger partial charge < -0.3 is 14.5 Å². The first-order chi connectivity index (χ1) is 11.1. The Kier molecular flexibility index (Phi) is 4.76. The van der Waals surface area contributed by atoms with Crippen molar-refractivity contribution in [1.82, 2.24) is 5.32 Å². The molecule has 1 aromatic carbocycles. The quantitative estimate of drug-likeness (QED) is 0.845. The highest BCUT2D eigenvalue weighted by atomic mass is 79.9. The number of furan rings is 1. The fraction of sp³-hybridized carbons (Fsp3) is 0.389. The van der Waals surface area contributed by atoms with Crippen molar-refractivity contribution in [2.24, 2.45) is 0 Å². The van der Waals surface area contributed by atoms with Crippen molar-refractivity contribution in [3.8, 4) is 5.75 Å². The molecule has 0 unspecified atom stereocenters. The van der Waals surface area contributed by atoms with Crippen LogP contribution in [0.2, 0.25) is 0 Å². The summed E-state index contributed by atoms with van der Waals surface area (Å²) in [4.78, 5) is 12.2. The van der Waals surface area contributed by atoms with E-state index < -0.39 is 0 Å². The van der Waals surface area contributed by atoms with Crippen molar-refractivity contribution in [3.63, 3.8) is 0 Å². The standard InChI is InChI=1S/C18H20BrNO3/c1-22-14-6-4-13(5-7-14)18(10-2-3-11-18)12-20-17(21)15-8-9-16(19)23-15/h4-9H,2-3,10-12H2,1H3,(H,20,21). The Labute approximate surface area is 144 Å². The van der Waals surface area contributed by atoms with Crippen LogP contribution < -0.4 is 10.1 Å². The Morgan fingerprint density at radius 1 is 1.22 bits per heavy atom. The highest BCUT2D eigenvalue weighted by Crippen LogP contribution is 2.41. The molecule has 1 aliphatic rings. The van der Waals surface area contributed by atoms with Crippen LogP contribution in [0.1, 0.15) is 41.8 Å². The number of amides is 1. The van der Waals surface area contributed by atoms with Crippen molar-refractivity contribution >= 4 is 21.8 Å². The molecule has 0 aliphatic heterocycles. The lowest BCUT2D eigenvalue weighted by atomic mass is 9.78. The van der Waals surface area contributed by atoms with Gasteiger partial charge in [-0.2, -0.15) is 0 Å². The SMILES string of the molecule is COc1ccc(C2(CNC(=O)c3ccc(Br)o3)CCCC2)cc1. The summed E-state index contributed by atoms with van der Waals surface area (Å²) in [5.41, 5.74) is 1.27. The maximum atomic E-state index is 12.2. The number of benzene rings is 1. The maximum absolute atomic E-state index is 12.2. The molecule has 1 saturated carbocycles. The van der Waals surface area contributed by atoms with Gasteiger partial charge in [0.2, 0.25) is 0 Å². The second-order valence-corrected chi connectivity index (χ2v) is 6.78. The fourth-order valence-corrected chi connectivity index (χ4v) is 3.64. The first-order valence-corrected chi connectivity index (χ1v) is 8.60. The minimum atomic E-state index is -0.171. The summed E-state index contributed by atoms with van der Waals surface area (Å²) in [7, 11) is 1.67. The molecule has 1 aromatic heterocycles. The summed E-state index contributed by atoms with van der Waals surface area (Å²) < 4.78 is 11.1. The van der Waals surface area contributed by atoms with E-state index in [1.807, 2.05) is 12.1 Å². The molecular weight excluding hydrogens is 358 g/mol. The number of carbonyl (C=O) groups excluding carboxylic acids is 1. The molecule has 1 aliphatic carbocycles. The molecule has 1 heterocycles. The van der Waals surface area contributed by atoms with Gasteiger partial charge in [0, 0.05) is 12.0 Å². The van der Waals surface area contributed by atoms with Crippen LogP contribution in [0.25, 0.3) is 0 Å². The van der Waals surface area contributed by atoms with E-state index >= 15 is 0 Å². The Bertz CT molecular complexity index is 672. The van der Waals surface area contributed by atoms with Gasteiger partial charge in [-0.25, -0.2) is 0 Å². The topological polar surface area (TPSA) is 51.5 Å². The maximum Gasteiger partial charge on any atom is 0.287 e. The van der Waals surface area contributed by atoms with Crippen molar-refractivity contribution in [2.75, 3.05) is 13.7 Å². The van der Waals surface area contributed by atoms with Gasteiger partial charge in [0.25, 0.3) is 5.91 Å². The number of halogens is 1. The summed E-state index contributed by atoms with van der Waals surface area (Å²) in [6, 6.07) is 11.6. The number of hydrogen-bond acceptors (Lipinski definition) is 3. The van der Waals surface area contributed by atoms with Crippen LogP contribution in [0.4, 0.5) is 0 Å². The molecular formula is C18H20BrNO3. The molecule has 0 spiro atoms. The van der Waals surface area contributed by atoms with E-state index in [1.165, 1.54) is 18.4 Å². The lowest BCUT2D eigenvalue weighted by Crippen LogP contribution is -2.38. The number of nitrogens with one attached hydrogen (secondary N) is 1. The number of carbonyl (C=O) groups is 1. The van der Waals surface area contributed by atoms with Crippen LogP contribution in [0.3, 0.4) is 0 Å². The molecule has 0 radical (unpaired) electrons. The molecule has 23 heavy (non-hydrogen) atoms. The van der Waals surface area contributed by atoms with E-state index in [0.717, 1.165) is 18.6 Å². The number of ether oxygens (including phenoxy) is 1. The third-order valence-corrected chi connectivity index (χ3v) is 5.07. The zero-order chi connectivity index (χ0) is 16.3. The van der Waals surface area contributed by atoms with Crippen LogP contribution in [0.5, 0.6) is 5.75 Å². The summed E-state index contributed by atoms with van der Waals surface area (Å²) in [6.45, 7) is 0.622. The molecule has 0 atom stereocenters. The Morgan fingerprint density at radius 3 is 2.48 bits per heavy atom. The monoisotopic (exact) mass is 377 g/mol. The zero-order valence-corrected chi connectivity index (χ0v) is 14.7. The third-order valence-electron chi connectivity index (χ3n) is 4.65. The van der Waals surface area contributed by atoms with Crippen LogP contribution in [-0.4, -0.2) is 19.6 Å². The minimum absolute atomic E-state index is 0.00571. The third kappa shape index (κ3) is 3.44. The summed E-state index contributed by atoms with van der Waals surface area (Å²) in [5.74, 6) is 1.02. The second-order valence-electron chi connectivity index (χ2n) is 6.00. The predicted molar refractivity (Wildman–Crippen MR) is 91.9 cm³/mol. The molecule has 5 heteroatoms. The molecule has 1 fully saturated rings. The average molecular weight is 378 g/mol. The Balaban J connectivity index is 1.74. The largest absolute Gasteiger partial charge is 0.497 e. The Morgan fingerprint density at radius 2 is 1.91 bits per heavy atom. The highest BCUT2D eigenvalue weighted by molar-refractivity contribution is 9.10. The van der Waals surface area contributed by atoms with Crippen LogP contribution >= 0.6 is 15.9 Å². The van der Waals surface area contributed by atoms with E-state index in [0.29, 0.717) is 17.0 Å².